The molecular formula is C25H27N3O3S. The zero-order valence-corrected chi connectivity index (χ0v) is 19.2. The summed E-state index contributed by atoms with van der Waals surface area (Å²) in [5, 5.41) is 5.59. The van der Waals surface area contributed by atoms with Crippen LogP contribution in [0.5, 0.6) is 5.75 Å². The van der Waals surface area contributed by atoms with E-state index in [9.17, 15) is 4.79 Å². The first-order chi connectivity index (χ1) is 15.7. The number of benzene rings is 2. The van der Waals surface area contributed by atoms with Gasteiger partial charge in [-0.2, -0.15) is 5.10 Å². The van der Waals surface area contributed by atoms with Crippen molar-refractivity contribution in [2.75, 3.05) is 13.2 Å². The van der Waals surface area contributed by atoms with Gasteiger partial charge in [0.2, 0.25) is 4.96 Å². The normalized spacial score (nSPS) is 11.1. The van der Waals surface area contributed by atoms with Crippen LogP contribution in [0.4, 0.5) is 0 Å². The van der Waals surface area contributed by atoms with Gasteiger partial charge < -0.3 is 9.47 Å². The molecule has 0 spiro atoms. The fourth-order valence-corrected chi connectivity index (χ4v) is 4.25. The Hall–Kier alpha value is -3.19. The molecule has 6 nitrogen and oxygen atoms in total. The predicted octanol–water partition coefficient (Wildman–Crippen LogP) is 6.26. The summed E-state index contributed by atoms with van der Waals surface area (Å²) in [6.07, 6.45) is 6.70. The van der Waals surface area contributed by atoms with Gasteiger partial charge in [-0.05, 0) is 49.7 Å². The summed E-state index contributed by atoms with van der Waals surface area (Å²) in [5.74, 6) is 0.573. The highest BCUT2D eigenvalue weighted by Crippen LogP contribution is 2.29. The fourth-order valence-electron chi connectivity index (χ4n) is 3.36. The number of fused-ring (bicyclic) bond motifs is 1. The average molecular weight is 450 g/mol. The van der Waals surface area contributed by atoms with Gasteiger partial charge >= 0.3 is 5.97 Å². The third-order valence-corrected chi connectivity index (χ3v) is 6.07. The quantitative estimate of drug-likeness (QED) is 0.211. The van der Waals surface area contributed by atoms with Crippen molar-refractivity contribution in [3.05, 3.63) is 60.3 Å². The smallest absolute Gasteiger partial charge is 0.338 e. The lowest BCUT2D eigenvalue weighted by molar-refractivity contribution is 0.0526. The lowest BCUT2D eigenvalue weighted by Gasteiger charge is -2.06. The second kappa shape index (κ2) is 10.4. The molecule has 0 atom stereocenters. The molecule has 166 valence electrons. The van der Waals surface area contributed by atoms with E-state index in [2.05, 4.69) is 12.0 Å². The maximum atomic E-state index is 11.8. The van der Waals surface area contributed by atoms with Gasteiger partial charge in [-0.15, -0.1) is 0 Å². The molecule has 2 heterocycles. The minimum Gasteiger partial charge on any atom is -0.494 e. The van der Waals surface area contributed by atoms with Gasteiger partial charge in [-0.1, -0.05) is 49.7 Å². The van der Waals surface area contributed by atoms with Crippen LogP contribution in [0, 0.1) is 0 Å². The molecule has 4 rings (SSSR count). The van der Waals surface area contributed by atoms with Crippen LogP contribution < -0.4 is 4.74 Å². The molecule has 0 fully saturated rings. The maximum Gasteiger partial charge on any atom is 0.338 e. The van der Waals surface area contributed by atoms with Crippen LogP contribution in [0.1, 0.15) is 49.9 Å². The van der Waals surface area contributed by atoms with Crippen LogP contribution in [-0.4, -0.2) is 33.8 Å². The maximum absolute atomic E-state index is 11.8. The van der Waals surface area contributed by atoms with E-state index >= 15 is 0 Å². The highest BCUT2D eigenvalue weighted by atomic mass is 32.1. The molecule has 0 saturated heterocycles. The molecule has 0 radical (unpaired) electrons. The Morgan fingerprint density at radius 1 is 0.969 bits per heavy atom. The molecular weight excluding hydrogens is 422 g/mol. The zero-order valence-electron chi connectivity index (χ0n) is 18.4. The summed E-state index contributed by atoms with van der Waals surface area (Å²) < 4.78 is 12.7. The Balaban J connectivity index is 1.42. The van der Waals surface area contributed by atoms with Crippen molar-refractivity contribution in [3.63, 3.8) is 0 Å². The van der Waals surface area contributed by atoms with Crippen molar-refractivity contribution in [2.45, 2.75) is 39.5 Å². The summed E-state index contributed by atoms with van der Waals surface area (Å²) in [5.41, 5.74) is 3.32. The number of carbonyl (C=O) groups excluding carboxylic acids is 1. The summed E-state index contributed by atoms with van der Waals surface area (Å²) in [6, 6.07) is 15.3. The third-order valence-electron chi connectivity index (χ3n) is 5.10. The Morgan fingerprint density at radius 3 is 2.41 bits per heavy atom. The summed E-state index contributed by atoms with van der Waals surface area (Å²) in [7, 11) is 0. The van der Waals surface area contributed by atoms with Gasteiger partial charge in [0.25, 0.3) is 0 Å². The topological polar surface area (TPSA) is 65.7 Å². The molecule has 2 aromatic carbocycles. The van der Waals surface area contributed by atoms with E-state index in [0.717, 1.165) is 45.6 Å². The molecule has 2 aromatic heterocycles. The number of nitrogens with zero attached hydrogens (tertiary/aromatic N) is 3. The first-order valence-electron chi connectivity index (χ1n) is 11.0. The highest BCUT2D eigenvalue weighted by Gasteiger charge is 2.12. The number of hydrogen-bond donors (Lipinski definition) is 0. The predicted molar refractivity (Wildman–Crippen MR) is 127 cm³/mol. The molecule has 0 saturated carbocycles. The standard InChI is InChI=1S/C25H27N3O3S/c1-3-5-6-7-16-31-21-14-12-19(13-15-21)23-27-28-17-22(26-25(28)32-23)18-8-10-20(11-9-18)24(29)30-4-2/h8-15,17H,3-7,16H2,1-2H3. The summed E-state index contributed by atoms with van der Waals surface area (Å²) in [6.45, 7) is 5.12. The van der Waals surface area contributed by atoms with Crippen LogP contribution in [0.25, 0.3) is 26.8 Å². The van der Waals surface area contributed by atoms with Crippen molar-refractivity contribution < 1.29 is 14.3 Å². The van der Waals surface area contributed by atoms with Crippen LogP contribution in [-0.2, 0) is 4.74 Å². The summed E-state index contributed by atoms with van der Waals surface area (Å²) >= 11 is 1.54. The average Bonchev–Trinajstić information content (AvgIpc) is 3.39. The molecule has 0 N–H and O–H groups in total. The van der Waals surface area contributed by atoms with E-state index < -0.39 is 0 Å². The molecule has 0 unspecified atom stereocenters. The van der Waals surface area contributed by atoms with E-state index in [4.69, 9.17) is 14.5 Å². The molecule has 0 aliphatic rings. The van der Waals surface area contributed by atoms with Crippen molar-refractivity contribution >= 4 is 22.3 Å². The number of rotatable bonds is 10. The second-order valence-corrected chi connectivity index (χ2v) is 8.45. The van der Waals surface area contributed by atoms with E-state index in [1.165, 1.54) is 30.6 Å². The van der Waals surface area contributed by atoms with Crippen molar-refractivity contribution in [1.82, 2.24) is 14.6 Å². The Labute approximate surface area is 191 Å². The number of esters is 1. The summed E-state index contributed by atoms with van der Waals surface area (Å²) in [4.78, 5) is 17.3. The van der Waals surface area contributed by atoms with Crippen LogP contribution in [0.3, 0.4) is 0 Å². The van der Waals surface area contributed by atoms with Gasteiger partial charge in [0, 0.05) is 11.1 Å². The number of imidazole rings is 1. The number of unbranched alkanes of at least 4 members (excludes halogenated alkanes) is 3. The van der Waals surface area contributed by atoms with E-state index in [-0.39, 0.29) is 5.97 Å². The van der Waals surface area contributed by atoms with Crippen molar-refractivity contribution in [3.8, 4) is 27.6 Å². The molecule has 32 heavy (non-hydrogen) atoms. The number of carbonyl (C=O) groups is 1. The molecule has 0 amide bonds. The van der Waals surface area contributed by atoms with Crippen molar-refractivity contribution in [1.29, 1.82) is 0 Å². The Bertz CT molecular complexity index is 1130. The third kappa shape index (κ3) is 5.16. The lowest BCUT2D eigenvalue weighted by Crippen LogP contribution is -2.03. The monoisotopic (exact) mass is 449 g/mol. The Morgan fingerprint density at radius 2 is 1.72 bits per heavy atom. The highest BCUT2D eigenvalue weighted by molar-refractivity contribution is 7.19. The first-order valence-corrected chi connectivity index (χ1v) is 11.9. The minimum atomic E-state index is -0.316. The van der Waals surface area contributed by atoms with Gasteiger partial charge in [-0.3, -0.25) is 0 Å². The number of aromatic nitrogens is 3. The largest absolute Gasteiger partial charge is 0.494 e. The van der Waals surface area contributed by atoms with Crippen LogP contribution >= 0.6 is 11.3 Å². The van der Waals surface area contributed by atoms with Gasteiger partial charge in [-0.25, -0.2) is 14.3 Å². The molecule has 7 heteroatoms. The Kier molecular flexibility index (Phi) is 7.17. The number of ether oxygens (including phenoxy) is 2. The van der Waals surface area contributed by atoms with Gasteiger partial charge in [0.05, 0.1) is 30.7 Å². The molecule has 0 aliphatic heterocycles. The van der Waals surface area contributed by atoms with Gasteiger partial charge in [0.1, 0.15) is 10.8 Å². The SMILES string of the molecule is CCCCCCOc1ccc(-c2nn3cc(-c4ccc(C(=O)OCC)cc4)nc3s2)cc1. The lowest BCUT2D eigenvalue weighted by atomic mass is 10.1. The number of hydrogen-bond acceptors (Lipinski definition) is 6. The molecule has 4 aromatic rings. The van der Waals surface area contributed by atoms with E-state index in [0.29, 0.717) is 12.2 Å². The van der Waals surface area contributed by atoms with E-state index in [1.54, 1.807) is 23.6 Å². The first kappa shape index (κ1) is 22.0. The van der Waals surface area contributed by atoms with Crippen LogP contribution in [0.2, 0.25) is 0 Å². The minimum absolute atomic E-state index is 0.316. The molecule has 0 bridgehead atoms. The molecule has 0 aliphatic carbocycles. The zero-order chi connectivity index (χ0) is 22.3. The van der Waals surface area contributed by atoms with Gasteiger partial charge in [0.15, 0.2) is 0 Å². The second-order valence-electron chi connectivity index (χ2n) is 7.49. The van der Waals surface area contributed by atoms with Crippen LogP contribution in [0.15, 0.2) is 54.7 Å². The van der Waals surface area contributed by atoms with Crippen molar-refractivity contribution in [2.24, 2.45) is 0 Å². The fraction of sp³-hybridized carbons (Fsp3) is 0.320. The van der Waals surface area contributed by atoms with E-state index in [1.807, 2.05) is 42.6 Å².